The first-order valence-electron chi connectivity index (χ1n) is 12.9. The second-order valence-corrected chi connectivity index (χ2v) is 10.9. The maximum atomic E-state index is 12.0. The number of fused-ring (bicyclic) bond motifs is 4. The number of nitriles is 1. The molecule has 1 saturated heterocycles. The third-order valence-corrected chi connectivity index (χ3v) is 8.79. The van der Waals surface area contributed by atoms with Gasteiger partial charge >= 0.3 is 0 Å². The number of carbonyl (C=O) groups is 2. The van der Waals surface area contributed by atoms with Crippen molar-refractivity contribution in [3.8, 4) is 17.2 Å². The van der Waals surface area contributed by atoms with Crippen LogP contribution in [0.3, 0.4) is 0 Å². The van der Waals surface area contributed by atoms with Gasteiger partial charge < -0.3 is 21.7 Å². The van der Waals surface area contributed by atoms with Gasteiger partial charge in [0.25, 0.3) is 0 Å². The Balaban J connectivity index is 1.34. The summed E-state index contributed by atoms with van der Waals surface area (Å²) in [4.78, 5) is 26.2. The van der Waals surface area contributed by atoms with Crippen molar-refractivity contribution < 1.29 is 9.59 Å². The fourth-order valence-electron chi connectivity index (χ4n) is 6.78. The average Bonchev–Trinajstić information content (AvgIpc) is 3.28. The number of piperidine rings is 1. The van der Waals surface area contributed by atoms with Crippen LogP contribution >= 0.6 is 0 Å². The summed E-state index contributed by atoms with van der Waals surface area (Å²) < 4.78 is 0. The molecule has 2 fully saturated rings. The van der Waals surface area contributed by atoms with E-state index in [-0.39, 0.29) is 11.6 Å². The van der Waals surface area contributed by atoms with Crippen molar-refractivity contribution in [2.24, 2.45) is 17.4 Å². The minimum absolute atomic E-state index is 0.0324. The van der Waals surface area contributed by atoms with Gasteiger partial charge in [-0.25, -0.2) is 0 Å². The van der Waals surface area contributed by atoms with E-state index in [4.69, 9.17) is 11.5 Å². The molecule has 11 nitrogen and oxygen atoms in total. The van der Waals surface area contributed by atoms with Gasteiger partial charge in [0, 0.05) is 28.9 Å². The first kappa shape index (κ1) is 24.8. The Bertz CT molecular complexity index is 1490. The van der Waals surface area contributed by atoms with Crippen LogP contribution in [0.1, 0.15) is 63.9 Å². The number of aromatic nitrogens is 4. The Morgan fingerprint density at radius 3 is 2.36 bits per heavy atom. The van der Waals surface area contributed by atoms with Crippen LogP contribution in [0.2, 0.25) is 0 Å². The van der Waals surface area contributed by atoms with Crippen molar-refractivity contribution in [1.82, 2.24) is 30.8 Å². The van der Waals surface area contributed by atoms with Gasteiger partial charge in [0.15, 0.2) is 5.82 Å². The van der Waals surface area contributed by atoms with Crippen LogP contribution in [-0.2, 0) is 5.41 Å². The van der Waals surface area contributed by atoms with Crippen LogP contribution in [0.5, 0.6) is 0 Å². The molecule has 1 saturated carbocycles. The highest BCUT2D eigenvalue weighted by molar-refractivity contribution is 5.98. The maximum Gasteiger partial charge on any atom is 0.248 e. The molecule has 1 unspecified atom stereocenters. The molecule has 0 spiro atoms. The van der Waals surface area contributed by atoms with Gasteiger partial charge in [-0.05, 0) is 85.2 Å². The van der Waals surface area contributed by atoms with E-state index < -0.39 is 17.2 Å². The van der Waals surface area contributed by atoms with Crippen LogP contribution in [0.15, 0.2) is 48.7 Å². The minimum atomic E-state index is -0.811. The van der Waals surface area contributed by atoms with Crippen LogP contribution in [0.4, 0.5) is 0 Å². The third-order valence-electron chi connectivity index (χ3n) is 8.79. The van der Waals surface area contributed by atoms with E-state index in [1.807, 2.05) is 12.1 Å². The van der Waals surface area contributed by atoms with Crippen molar-refractivity contribution in [1.29, 1.82) is 5.26 Å². The number of hydrogen-bond acceptors (Lipinski definition) is 8. The van der Waals surface area contributed by atoms with Gasteiger partial charge in [0.05, 0.1) is 11.5 Å². The highest BCUT2D eigenvalue weighted by Crippen LogP contribution is 2.59. The summed E-state index contributed by atoms with van der Waals surface area (Å²) in [5, 5.41) is 28.3. The van der Waals surface area contributed by atoms with Gasteiger partial charge in [-0.1, -0.05) is 23.9 Å². The number of primary amides is 2. The predicted octanol–water partition coefficient (Wildman–Crippen LogP) is 1.58. The van der Waals surface area contributed by atoms with Gasteiger partial charge in [0.2, 0.25) is 11.8 Å². The SMILES string of the molecule is C=C(CNCCC1(c2nn[nH]n2)c2ccc(C(N)=O)cc2-c2cc(C(N)=O)ccc21)N1C(C#N)C[C@@H]2C[C@@]21C. The lowest BCUT2D eigenvalue weighted by Gasteiger charge is -2.33. The van der Waals surface area contributed by atoms with E-state index in [1.165, 1.54) is 0 Å². The number of tetrazole rings is 1. The lowest BCUT2D eigenvalue weighted by Crippen LogP contribution is -2.41. The Hall–Kier alpha value is -4.56. The Labute approximate surface area is 225 Å². The first-order chi connectivity index (χ1) is 18.7. The van der Waals surface area contributed by atoms with Crippen LogP contribution in [0.25, 0.3) is 11.1 Å². The summed E-state index contributed by atoms with van der Waals surface area (Å²) in [5.41, 5.74) is 15.3. The largest absolute Gasteiger partial charge is 0.366 e. The van der Waals surface area contributed by atoms with E-state index >= 15 is 0 Å². The van der Waals surface area contributed by atoms with E-state index in [0.717, 1.165) is 40.8 Å². The summed E-state index contributed by atoms with van der Waals surface area (Å²) in [7, 11) is 0. The quantitative estimate of drug-likeness (QED) is 0.305. The number of aromatic amines is 1. The van der Waals surface area contributed by atoms with Gasteiger partial charge in [-0.3, -0.25) is 9.59 Å². The zero-order valence-corrected chi connectivity index (χ0v) is 21.6. The van der Waals surface area contributed by atoms with E-state index in [1.54, 1.807) is 24.3 Å². The van der Waals surface area contributed by atoms with E-state index in [0.29, 0.717) is 42.4 Å². The molecule has 3 atom stereocenters. The second-order valence-electron chi connectivity index (χ2n) is 10.9. The molecular weight excluding hydrogens is 494 g/mol. The molecule has 2 aliphatic carbocycles. The summed E-state index contributed by atoms with van der Waals surface area (Å²) >= 11 is 0. The number of H-pyrrole nitrogens is 1. The normalized spacial score (nSPS) is 23.4. The lowest BCUT2D eigenvalue weighted by molar-refractivity contribution is 0.0991. The number of nitrogens with one attached hydrogen (secondary N) is 2. The van der Waals surface area contributed by atoms with E-state index in [9.17, 15) is 14.9 Å². The van der Waals surface area contributed by atoms with Gasteiger partial charge in [-0.2, -0.15) is 10.5 Å². The number of hydrogen-bond donors (Lipinski definition) is 4. The Morgan fingerprint density at radius 2 is 1.82 bits per heavy atom. The summed E-state index contributed by atoms with van der Waals surface area (Å²) in [5.74, 6) is -0.0691. The number of benzene rings is 2. The lowest BCUT2D eigenvalue weighted by atomic mass is 9.74. The summed E-state index contributed by atoms with van der Waals surface area (Å²) in [6.07, 6.45) is 2.54. The zero-order chi connectivity index (χ0) is 27.5. The Morgan fingerprint density at radius 1 is 1.18 bits per heavy atom. The highest BCUT2D eigenvalue weighted by Gasteiger charge is 2.62. The molecule has 3 aromatic rings. The van der Waals surface area contributed by atoms with Crippen LogP contribution in [0, 0.1) is 17.2 Å². The molecule has 6 N–H and O–H groups in total. The van der Waals surface area contributed by atoms with Gasteiger partial charge in [-0.15, -0.1) is 10.2 Å². The molecule has 1 aliphatic heterocycles. The monoisotopic (exact) mass is 523 g/mol. The summed E-state index contributed by atoms with van der Waals surface area (Å²) in [6.45, 7) is 7.60. The molecule has 1 aromatic heterocycles. The molecule has 0 bridgehead atoms. The molecule has 2 amide bonds. The number of nitrogens with zero attached hydrogens (tertiary/aromatic N) is 5. The topological polar surface area (TPSA) is 180 Å². The molecule has 2 aromatic carbocycles. The predicted molar refractivity (Wildman–Crippen MR) is 142 cm³/mol. The van der Waals surface area contributed by atoms with Crippen molar-refractivity contribution >= 4 is 11.8 Å². The van der Waals surface area contributed by atoms with Crippen molar-refractivity contribution in [3.05, 3.63) is 76.8 Å². The average molecular weight is 524 g/mol. The summed E-state index contributed by atoms with van der Waals surface area (Å²) in [6, 6.07) is 12.9. The molecule has 11 heteroatoms. The molecular formula is C28H29N9O2. The molecule has 198 valence electrons. The smallest absolute Gasteiger partial charge is 0.248 e. The fourth-order valence-corrected chi connectivity index (χ4v) is 6.78. The third kappa shape index (κ3) is 3.63. The number of nitrogens with two attached hydrogens (primary N) is 2. The molecule has 3 aliphatic rings. The Kier molecular flexibility index (Phi) is 5.55. The first-order valence-corrected chi connectivity index (χ1v) is 12.9. The molecule has 2 heterocycles. The fraction of sp³-hybridized carbons (Fsp3) is 0.357. The van der Waals surface area contributed by atoms with Crippen molar-refractivity contribution in [2.45, 2.75) is 43.2 Å². The minimum Gasteiger partial charge on any atom is -0.366 e. The van der Waals surface area contributed by atoms with Crippen LogP contribution < -0.4 is 16.8 Å². The molecule has 39 heavy (non-hydrogen) atoms. The highest BCUT2D eigenvalue weighted by atomic mass is 16.1. The number of amides is 2. The maximum absolute atomic E-state index is 12.0. The number of likely N-dealkylation sites (tertiary alicyclic amines) is 1. The van der Waals surface area contributed by atoms with Gasteiger partial charge in [0.1, 0.15) is 6.04 Å². The van der Waals surface area contributed by atoms with Crippen LogP contribution in [-0.4, -0.2) is 62.0 Å². The number of carbonyl (C=O) groups excluding carboxylic acids is 2. The van der Waals surface area contributed by atoms with Crippen molar-refractivity contribution in [2.75, 3.05) is 13.1 Å². The molecule has 6 rings (SSSR count). The standard InChI is InChI=1S/C28H29N9O2/c1-15(37-19(13-29)11-18-12-27(18,37)2)14-32-8-7-28(26-33-35-36-34-26)22-5-3-16(24(30)38)9-20(22)21-10-17(25(31)39)4-6-23(21)28/h3-6,9-10,18-19,32H,1,7-8,11-12,14H2,2H3,(H2,30,38)(H2,31,39)(H,33,34,35,36)/t18-,19?,27+/m1/s1. The second kappa shape index (κ2) is 8.74. The number of rotatable bonds is 9. The van der Waals surface area contributed by atoms with E-state index in [2.05, 4.69) is 50.4 Å². The zero-order valence-electron chi connectivity index (χ0n) is 21.6. The van der Waals surface area contributed by atoms with Crippen molar-refractivity contribution in [3.63, 3.8) is 0 Å². The molecule has 0 radical (unpaired) electrons.